The molecular weight excluding hydrogens is 480 g/mol. The molecule has 1 aromatic carbocycles. The third-order valence-corrected chi connectivity index (χ3v) is 6.92. The Labute approximate surface area is 221 Å². The van der Waals surface area contributed by atoms with Crippen molar-refractivity contribution in [2.45, 2.75) is 128 Å². The van der Waals surface area contributed by atoms with E-state index in [0.29, 0.717) is 5.02 Å². The van der Waals surface area contributed by atoms with Crippen molar-refractivity contribution in [3.8, 4) is 0 Å². The summed E-state index contributed by atoms with van der Waals surface area (Å²) in [6, 6.07) is 7.63. The van der Waals surface area contributed by atoms with Crippen LogP contribution in [-0.2, 0) is 20.9 Å². The molecule has 2 aliphatic carbocycles. The number of carbonyl (C=O) groups is 2. The van der Waals surface area contributed by atoms with E-state index in [1.807, 2.05) is 0 Å². The van der Waals surface area contributed by atoms with E-state index in [0.717, 1.165) is 17.6 Å². The Kier molecular flexibility index (Phi) is 13.0. The van der Waals surface area contributed by atoms with E-state index < -0.39 is 29.8 Å². The number of carboxylic acids is 1. The molecule has 2 atom stereocenters. The number of amides is 1. The van der Waals surface area contributed by atoms with Crippen LogP contribution < -0.4 is 15.7 Å². The van der Waals surface area contributed by atoms with Crippen LogP contribution in [0, 0.1) is 0 Å². The average molecular weight is 525 g/mol. The lowest BCUT2D eigenvalue weighted by Crippen LogP contribution is -2.95. The number of aliphatic carboxylic acids is 1. The van der Waals surface area contributed by atoms with Crippen LogP contribution in [0.15, 0.2) is 24.3 Å². The van der Waals surface area contributed by atoms with Crippen LogP contribution in [0.5, 0.6) is 0 Å². The maximum Gasteiger partial charge on any atom is 0.408 e. The van der Waals surface area contributed by atoms with Gasteiger partial charge in [-0.25, -0.2) is 4.79 Å². The Morgan fingerprint density at radius 3 is 1.94 bits per heavy atom. The lowest BCUT2D eigenvalue weighted by molar-refractivity contribution is -0.725. The van der Waals surface area contributed by atoms with E-state index >= 15 is 0 Å². The van der Waals surface area contributed by atoms with Gasteiger partial charge in [-0.15, -0.1) is 0 Å². The first-order valence-corrected chi connectivity index (χ1v) is 13.8. The van der Waals surface area contributed by atoms with Crippen molar-refractivity contribution < 1.29 is 29.5 Å². The molecule has 204 valence electrons. The molecular formula is C28H45ClN2O5. The monoisotopic (exact) mass is 524 g/mol. The van der Waals surface area contributed by atoms with Crippen molar-refractivity contribution in [3.05, 3.63) is 34.9 Å². The number of carboxylic acid groups (broad SMARTS) is 1. The molecule has 0 heterocycles. The Morgan fingerprint density at radius 2 is 1.50 bits per heavy atom. The Hall–Kier alpha value is -1.83. The van der Waals surface area contributed by atoms with Gasteiger partial charge in [-0.3, -0.25) is 0 Å². The van der Waals surface area contributed by atoms with Crippen molar-refractivity contribution in [2.75, 3.05) is 0 Å². The van der Waals surface area contributed by atoms with Gasteiger partial charge in [0.1, 0.15) is 5.60 Å². The van der Waals surface area contributed by atoms with Crippen LogP contribution in [0.1, 0.15) is 97.5 Å². The minimum absolute atomic E-state index is 0.179. The summed E-state index contributed by atoms with van der Waals surface area (Å²) >= 11 is 5.79. The summed E-state index contributed by atoms with van der Waals surface area (Å²) in [7, 11) is 0. The first kappa shape index (κ1) is 30.4. The third kappa shape index (κ3) is 12.4. The molecule has 1 amide bonds. The van der Waals surface area contributed by atoms with Gasteiger partial charge >= 0.3 is 6.09 Å². The molecule has 3 N–H and O–H groups in total. The fourth-order valence-corrected chi connectivity index (χ4v) is 4.87. The minimum Gasteiger partial charge on any atom is -0.548 e. The number of nitrogens with one attached hydrogen (secondary N) is 1. The highest BCUT2D eigenvalue weighted by molar-refractivity contribution is 6.30. The zero-order chi connectivity index (χ0) is 26.6. The summed E-state index contributed by atoms with van der Waals surface area (Å²) in [4.78, 5) is 22.9. The number of hydrogen-bond acceptors (Lipinski definition) is 5. The van der Waals surface area contributed by atoms with Crippen LogP contribution in [-0.4, -0.2) is 41.9 Å². The van der Waals surface area contributed by atoms with Gasteiger partial charge in [0.25, 0.3) is 0 Å². The fraction of sp³-hybridized carbons (Fsp3) is 0.714. The van der Waals surface area contributed by atoms with Crippen molar-refractivity contribution >= 4 is 23.7 Å². The number of halogens is 1. The van der Waals surface area contributed by atoms with E-state index in [2.05, 4.69) is 10.6 Å². The summed E-state index contributed by atoms with van der Waals surface area (Å²) < 4.78 is 10.5. The summed E-state index contributed by atoms with van der Waals surface area (Å²) in [5.41, 5.74) is 0.101. The smallest absolute Gasteiger partial charge is 0.408 e. The lowest BCUT2D eigenvalue weighted by Gasteiger charge is -2.28. The predicted molar refractivity (Wildman–Crippen MR) is 140 cm³/mol. The molecule has 8 heteroatoms. The Balaban J connectivity index is 0.000000293. The van der Waals surface area contributed by atoms with Crippen molar-refractivity contribution in [1.82, 2.24) is 5.32 Å². The van der Waals surface area contributed by atoms with Gasteiger partial charge in [0.15, 0.2) is 0 Å². The number of nitrogens with two attached hydrogens (primary N) is 1. The second-order valence-electron chi connectivity index (χ2n) is 11.1. The molecule has 0 spiro atoms. The van der Waals surface area contributed by atoms with Crippen LogP contribution in [0.4, 0.5) is 4.79 Å². The summed E-state index contributed by atoms with van der Waals surface area (Å²) in [5.74, 6) is -1.44. The molecule has 2 saturated carbocycles. The fourth-order valence-electron chi connectivity index (χ4n) is 4.75. The van der Waals surface area contributed by atoms with Crippen molar-refractivity contribution in [1.29, 1.82) is 0 Å². The van der Waals surface area contributed by atoms with Gasteiger partial charge in [-0.2, -0.15) is 0 Å². The zero-order valence-corrected chi connectivity index (χ0v) is 23.1. The molecule has 3 rings (SSSR count). The van der Waals surface area contributed by atoms with Gasteiger partial charge < -0.3 is 30.0 Å². The second-order valence-corrected chi connectivity index (χ2v) is 11.5. The van der Waals surface area contributed by atoms with E-state index in [1.54, 1.807) is 45.0 Å². The van der Waals surface area contributed by atoms with Crippen molar-refractivity contribution in [3.63, 3.8) is 0 Å². The van der Waals surface area contributed by atoms with Crippen LogP contribution in [0.25, 0.3) is 0 Å². The predicted octanol–water partition coefficient (Wildman–Crippen LogP) is 4.10. The molecule has 0 saturated heterocycles. The number of hydrogen-bond donors (Lipinski definition) is 2. The van der Waals surface area contributed by atoms with Crippen LogP contribution in [0.2, 0.25) is 5.02 Å². The lowest BCUT2D eigenvalue weighted by atomic mass is 9.91. The van der Waals surface area contributed by atoms with Gasteiger partial charge in [0, 0.05) is 5.02 Å². The van der Waals surface area contributed by atoms with E-state index in [-0.39, 0.29) is 6.61 Å². The molecule has 0 radical (unpaired) electrons. The molecule has 0 bridgehead atoms. The molecule has 36 heavy (non-hydrogen) atoms. The first-order chi connectivity index (χ1) is 17.0. The first-order valence-electron chi connectivity index (χ1n) is 13.4. The molecule has 2 fully saturated rings. The molecule has 1 aromatic rings. The van der Waals surface area contributed by atoms with Crippen LogP contribution >= 0.6 is 11.6 Å². The standard InChI is InChI=1S/C16H22ClNO5.C12H23N/c1-10(22-9-11-5-7-12(17)8-6-11)13(14(19)20)18-15(21)23-16(2,3)4;1-3-7-11(8-4-1)13-12-9-5-2-6-10-12/h5-8,10,13H,9H2,1-4H3,(H,18,21)(H,19,20);11-13H,1-10H2. The number of carbonyl (C=O) groups excluding carboxylic acids is 2. The van der Waals surface area contributed by atoms with Gasteiger partial charge in [-0.1, -0.05) is 36.6 Å². The Bertz CT molecular complexity index is 768. The maximum absolute atomic E-state index is 11.7. The maximum atomic E-state index is 11.7. The number of rotatable bonds is 8. The van der Waals surface area contributed by atoms with E-state index in [1.165, 1.54) is 71.1 Å². The number of benzene rings is 1. The number of alkyl carbamates (subject to hydrolysis) is 1. The highest BCUT2D eigenvalue weighted by Crippen LogP contribution is 2.18. The molecule has 7 nitrogen and oxygen atoms in total. The average Bonchev–Trinajstić information content (AvgIpc) is 2.82. The Morgan fingerprint density at radius 1 is 1.00 bits per heavy atom. The molecule has 0 aromatic heterocycles. The van der Waals surface area contributed by atoms with Gasteiger partial charge in [0.2, 0.25) is 0 Å². The summed E-state index contributed by atoms with van der Waals surface area (Å²) in [6.07, 6.45) is 13.3. The SMILES string of the molecule is C1CCC([NH2+]C2CCCCC2)CC1.CC(OCc1ccc(Cl)cc1)C(NC(=O)OC(C)(C)C)C(=O)[O-]. The minimum atomic E-state index is -1.44. The molecule has 2 aliphatic rings. The molecule has 0 aliphatic heterocycles. The number of ether oxygens (including phenoxy) is 2. The van der Waals surface area contributed by atoms with E-state index in [4.69, 9.17) is 21.1 Å². The second kappa shape index (κ2) is 15.4. The van der Waals surface area contributed by atoms with Gasteiger partial charge in [-0.05, 0) is 96.8 Å². The zero-order valence-electron chi connectivity index (χ0n) is 22.4. The summed E-state index contributed by atoms with van der Waals surface area (Å²) in [6.45, 7) is 6.76. The summed E-state index contributed by atoms with van der Waals surface area (Å²) in [5, 5.41) is 16.8. The largest absolute Gasteiger partial charge is 0.548 e. The third-order valence-electron chi connectivity index (χ3n) is 6.67. The quantitative estimate of drug-likeness (QED) is 0.532. The highest BCUT2D eigenvalue weighted by atomic mass is 35.5. The van der Waals surface area contributed by atoms with E-state index in [9.17, 15) is 14.7 Å². The molecule has 2 unspecified atom stereocenters. The van der Waals surface area contributed by atoms with Crippen LogP contribution in [0.3, 0.4) is 0 Å². The normalized spacial score (nSPS) is 18.9. The highest BCUT2D eigenvalue weighted by Gasteiger charge is 2.25. The topological polar surface area (TPSA) is 104 Å². The van der Waals surface area contributed by atoms with Gasteiger partial charge in [0.05, 0.1) is 36.8 Å². The number of quaternary nitrogens is 1. The van der Waals surface area contributed by atoms with Crippen molar-refractivity contribution in [2.24, 2.45) is 0 Å².